The molecular formula is C20H23N3O4. The van der Waals surface area contributed by atoms with Crippen LogP contribution in [-0.2, 0) is 9.53 Å². The van der Waals surface area contributed by atoms with Crippen LogP contribution in [0.2, 0.25) is 0 Å². The minimum atomic E-state index is -0.629. The molecule has 0 spiro atoms. The van der Waals surface area contributed by atoms with Crippen LogP contribution >= 0.6 is 0 Å². The Bertz CT molecular complexity index is 959. The largest absolute Gasteiger partial charge is 0.469 e. The number of hydrogen-bond donors (Lipinski definition) is 1. The first-order chi connectivity index (χ1) is 12.8. The molecule has 4 rings (SSSR count). The number of fused-ring (bicyclic) bond motifs is 1. The summed E-state index contributed by atoms with van der Waals surface area (Å²) in [4.78, 5) is 39.4. The number of carbonyl (C=O) groups is 2. The molecule has 7 nitrogen and oxygen atoms in total. The molecule has 2 atom stereocenters. The van der Waals surface area contributed by atoms with Crippen molar-refractivity contribution in [1.29, 1.82) is 0 Å². The summed E-state index contributed by atoms with van der Waals surface area (Å²) in [6.07, 6.45) is 0.697. The van der Waals surface area contributed by atoms with Gasteiger partial charge in [-0.05, 0) is 29.9 Å². The summed E-state index contributed by atoms with van der Waals surface area (Å²) in [6.45, 7) is 5.03. The lowest BCUT2D eigenvalue weighted by molar-refractivity contribution is -0.174. The Morgan fingerprint density at radius 2 is 1.93 bits per heavy atom. The third-order valence-corrected chi connectivity index (χ3v) is 6.10. The van der Waals surface area contributed by atoms with Crippen LogP contribution in [0.5, 0.6) is 0 Å². The van der Waals surface area contributed by atoms with Crippen LogP contribution in [0.4, 0.5) is 0 Å². The maximum absolute atomic E-state index is 13.0. The summed E-state index contributed by atoms with van der Waals surface area (Å²) < 4.78 is 6.37. The number of benzene rings is 1. The monoisotopic (exact) mass is 369 g/mol. The van der Waals surface area contributed by atoms with E-state index in [1.807, 2.05) is 18.2 Å². The molecule has 1 saturated carbocycles. The molecule has 1 aromatic heterocycles. The molecule has 7 heteroatoms. The van der Waals surface area contributed by atoms with Gasteiger partial charge in [0.1, 0.15) is 5.69 Å². The van der Waals surface area contributed by atoms with Crippen LogP contribution < -0.4 is 5.56 Å². The molecule has 1 amide bonds. The molecule has 1 aliphatic carbocycles. The summed E-state index contributed by atoms with van der Waals surface area (Å²) in [5, 5.41) is 2.90. The van der Waals surface area contributed by atoms with E-state index in [0.717, 1.165) is 0 Å². The van der Waals surface area contributed by atoms with E-state index in [4.69, 9.17) is 4.74 Å². The molecule has 0 radical (unpaired) electrons. The van der Waals surface area contributed by atoms with Crippen LogP contribution in [-0.4, -0.2) is 46.8 Å². The lowest BCUT2D eigenvalue weighted by atomic mass is 9.48. The Kier molecular flexibility index (Phi) is 3.80. The molecule has 2 fully saturated rings. The van der Waals surface area contributed by atoms with E-state index in [1.54, 1.807) is 17.0 Å². The van der Waals surface area contributed by atoms with Gasteiger partial charge in [-0.2, -0.15) is 0 Å². The van der Waals surface area contributed by atoms with Crippen molar-refractivity contribution in [2.24, 2.45) is 16.7 Å². The second-order valence-corrected chi connectivity index (χ2v) is 8.23. The van der Waals surface area contributed by atoms with Crippen molar-refractivity contribution >= 4 is 11.9 Å². The number of likely N-dealkylation sites (tertiary alicyclic amines) is 1. The maximum atomic E-state index is 13.0. The topological polar surface area (TPSA) is 84.4 Å². The number of aromatic amines is 1. The first-order valence-corrected chi connectivity index (χ1v) is 9.04. The van der Waals surface area contributed by atoms with Crippen molar-refractivity contribution in [3.05, 3.63) is 52.4 Å². The number of carbonyl (C=O) groups excluding carboxylic acids is 2. The quantitative estimate of drug-likeness (QED) is 0.837. The van der Waals surface area contributed by atoms with Gasteiger partial charge in [-0.1, -0.05) is 32.0 Å². The number of hydrogen-bond acceptors (Lipinski definition) is 4. The van der Waals surface area contributed by atoms with Crippen molar-refractivity contribution in [3.63, 3.8) is 0 Å². The molecule has 2 heterocycles. The second kappa shape index (κ2) is 5.84. The summed E-state index contributed by atoms with van der Waals surface area (Å²) in [7, 11) is 1.39. The lowest BCUT2D eigenvalue weighted by Crippen LogP contribution is -2.57. The van der Waals surface area contributed by atoms with Gasteiger partial charge in [0.15, 0.2) is 0 Å². The Balaban J connectivity index is 1.62. The number of nitrogens with zero attached hydrogens (tertiary/aromatic N) is 2. The average molecular weight is 369 g/mol. The SMILES string of the molecule is COC(=O)[C@@]12CN(C(=O)c3cc(=O)n(-c4ccccc4)[nH]3)C[C@@H]1C(C)(C)C2. The summed E-state index contributed by atoms with van der Waals surface area (Å²) in [6, 6.07) is 10.4. The van der Waals surface area contributed by atoms with Crippen molar-refractivity contribution < 1.29 is 14.3 Å². The van der Waals surface area contributed by atoms with Gasteiger partial charge in [0.2, 0.25) is 0 Å². The van der Waals surface area contributed by atoms with E-state index in [2.05, 4.69) is 18.9 Å². The number of esters is 1. The molecule has 27 heavy (non-hydrogen) atoms. The van der Waals surface area contributed by atoms with Gasteiger partial charge >= 0.3 is 5.97 Å². The minimum Gasteiger partial charge on any atom is -0.469 e. The van der Waals surface area contributed by atoms with Crippen LogP contribution in [0.3, 0.4) is 0 Å². The van der Waals surface area contributed by atoms with Gasteiger partial charge in [0.25, 0.3) is 11.5 Å². The van der Waals surface area contributed by atoms with Crippen LogP contribution in [0.25, 0.3) is 5.69 Å². The Morgan fingerprint density at radius 3 is 2.56 bits per heavy atom. The fourth-order valence-corrected chi connectivity index (χ4v) is 4.97. The number of ether oxygens (including phenoxy) is 1. The standard InChI is InChI=1S/C20H23N3O4/c1-19(2)11-20(18(26)27-3)12-22(10-15(19)20)17(25)14-9-16(24)23(21-14)13-7-5-4-6-8-13/h4-9,15,21H,10-12H2,1-3H3/t15-,20+/m1/s1. The zero-order valence-electron chi connectivity index (χ0n) is 15.7. The van der Waals surface area contributed by atoms with E-state index in [-0.39, 0.29) is 34.5 Å². The first kappa shape index (κ1) is 17.6. The number of amides is 1. The zero-order valence-corrected chi connectivity index (χ0v) is 15.7. The van der Waals surface area contributed by atoms with E-state index < -0.39 is 5.41 Å². The fraction of sp³-hybridized carbons (Fsp3) is 0.450. The number of nitrogens with one attached hydrogen (secondary N) is 1. The number of H-pyrrole nitrogens is 1. The van der Waals surface area contributed by atoms with Gasteiger partial charge in [0.05, 0.1) is 18.2 Å². The highest BCUT2D eigenvalue weighted by Crippen LogP contribution is 2.63. The van der Waals surface area contributed by atoms with Crippen molar-refractivity contribution in [3.8, 4) is 5.69 Å². The third kappa shape index (κ3) is 2.52. The number of para-hydroxylation sites is 1. The van der Waals surface area contributed by atoms with Crippen LogP contribution in [0, 0.1) is 16.7 Å². The van der Waals surface area contributed by atoms with Gasteiger partial charge in [-0.15, -0.1) is 0 Å². The predicted molar refractivity (Wildman–Crippen MR) is 98.6 cm³/mol. The zero-order chi connectivity index (χ0) is 19.4. The summed E-state index contributed by atoms with van der Waals surface area (Å²) in [5.74, 6) is -0.461. The molecular weight excluding hydrogens is 346 g/mol. The van der Waals surface area contributed by atoms with E-state index in [9.17, 15) is 14.4 Å². The Labute approximate surface area is 156 Å². The Hall–Kier alpha value is -2.83. The Morgan fingerprint density at radius 1 is 1.22 bits per heavy atom. The molecule has 1 N–H and O–H groups in total. The first-order valence-electron chi connectivity index (χ1n) is 9.04. The van der Waals surface area contributed by atoms with Crippen molar-refractivity contribution in [2.75, 3.05) is 20.2 Å². The third-order valence-electron chi connectivity index (χ3n) is 6.10. The molecule has 2 aromatic rings. The fourth-order valence-electron chi connectivity index (χ4n) is 4.97. The predicted octanol–water partition coefficient (Wildman–Crippen LogP) is 1.83. The molecule has 1 aliphatic heterocycles. The second-order valence-electron chi connectivity index (χ2n) is 8.23. The van der Waals surface area contributed by atoms with E-state index >= 15 is 0 Å². The average Bonchev–Trinajstić information content (AvgIpc) is 3.20. The van der Waals surface area contributed by atoms with E-state index in [1.165, 1.54) is 17.9 Å². The molecule has 2 aliphatic rings. The van der Waals surface area contributed by atoms with Gasteiger partial charge in [-0.3, -0.25) is 19.5 Å². The highest BCUT2D eigenvalue weighted by Gasteiger charge is 2.68. The smallest absolute Gasteiger partial charge is 0.314 e. The van der Waals surface area contributed by atoms with Gasteiger partial charge in [0, 0.05) is 19.2 Å². The highest BCUT2D eigenvalue weighted by atomic mass is 16.5. The minimum absolute atomic E-state index is 0.0212. The van der Waals surface area contributed by atoms with Gasteiger partial charge < -0.3 is 9.64 Å². The normalized spacial score (nSPS) is 25.6. The molecule has 1 aromatic carbocycles. The molecule has 0 unspecified atom stereocenters. The van der Waals surface area contributed by atoms with Crippen LogP contribution in [0.1, 0.15) is 30.8 Å². The van der Waals surface area contributed by atoms with Crippen molar-refractivity contribution in [2.45, 2.75) is 20.3 Å². The number of rotatable bonds is 3. The molecule has 1 saturated heterocycles. The van der Waals surface area contributed by atoms with Crippen LogP contribution in [0.15, 0.2) is 41.2 Å². The van der Waals surface area contributed by atoms with E-state index in [0.29, 0.717) is 25.2 Å². The molecule has 142 valence electrons. The lowest BCUT2D eigenvalue weighted by Gasteiger charge is -2.54. The summed E-state index contributed by atoms with van der Waals surface area (Å²) in [5.41, 5.74) is -0.0593. The van der Waals surface area contributed by atoms with Crippen molar-refractivity contribution in [1.82, 2.24) is 14.7 Å². The number of methoxy groups -OCH3 is 1. The highest BCUT2D eigenvalue weighted by molar-refractivity contribution is 5.93. The van der Waals surface area contributed by atoms with Gasteiger partial charge in [-0.25, -0.2) is 4.68 Å². The molecule has 0 bridgehead atoms. The maximum Gasteiger partial charge on any atom is 0.314 e. The number of aromatic nitrogens is 2. The summed E-state index contributed by atoms with van der Waals surface area (Å²) >= 11 is 0.